The van der Waals surface area contributed by atoms with Gasteiger partial charge in [0.05, 0.1) is 6.20 Å². The predicted octanol–water partition coefficient (Wildman–Crippen LogP) is 0.272. The van der Waals surface area contributed by atoms with Crippen LogP contribution in [0.1, 0.15) is 10.6 Å². The van der Waals surface area contributed by atoms with Gasteiger partial charge >= 0.3 is 5.97 Å². The van der Waals surface area contributed by atoms with E-state index in [1.165, 1.54) is 0 Å². The first-order valence-corrected chi connectivity index (χ1v) is 3.56. The number of nitrogens with zero attached hydrogens (tertiary/aromatic N) is 3. The maximum atomic E-state index is 13.0. The third-order valence-electron chi connectivity index (χ3n) is 1.57. The Morgan fingerprint density at radius 2 is 2.29 bits per heavy atom. The van der Waals surface area contributed by atoms with E-state index in [4.69, 9.17) is 10.2 Å². The quantitative estimate of drug-likeness (QED) is 0.685. The third-order valence-corrected chi connectivity index (χ3v) is 1.57. The molecule has 0 atom stereocenters. The van der Waals surface area contributed by atoms with Gasteiger partial charge in [-0.05, 0) is 0 Å². The molecule has 0 saturated carbocycles. The average molecular weight is 197 g/mol. The number of halogens is 1. The Bertz CT molecular complexity index is 522. The van der Waals surface area contributed by atoms with Crippen LogP contribution in [0.4, 0.5) is 4.39 Å². The number of carbonyl (C=O) groups is 1. The van der Waals surface area contributed by atoms with E-state index < -0.39 is 17.6 Å². The van der Waals surface area contributed by atoms with Crippen molar-refractivity contribution in [2.45, 2.75) is 0 Å². The molecule has 2 aromatic rings. The zero-order chi connectivity index (χ0) is 10.3. The lowest BCUT2D eigenvalue weighted by molar-refractivity contribution is 0.0684. The van der Waals surface area contributed by atoms with Crippen molar-refractivity contribution in [3.05, 3.63) is 23.9 Å². The fraction of sp³-hybridized carbons (Fsp3) is 0. The maximum absolute atomic E-state index is 13.0. The van der Waals surface area contributed by atoms with Crippen LogP contribution >= 0.6 is 0 Å². The molecule has 0 unspecified atom stereocenters. The van der Waals surface area contributed by atoms with E-state index in [-0.39, 0.29) is 11.4 Å². The van der Waals surface area contributed by atoms with Crippen molar-refractivity contribution in [1.29, 1.82) is 0 Å². The molecule has 7 heteroatoms. The molecule has 2 rings (SSSR count). The van der Waals surface area contributed by atoms with Crippen molar-refractivity contribution >= 4 is 11.6 Å². The second kappa shape index (κ2) is 2.66. The Balaban J connectivity index is 2.76. The van der Waals surface area contributed by atoms with Crippen LogP contribution in [0.2, 0.25) is 0 Å². The first kappa shape index (κ1) is 8.42. The summed E-state index contributed by atoms with van der Waals surface area (Å²) in [4.78, 5) is 13.9. The number of carboxylic acids is 1. The van der Waals surface area contributed by atoms with Crippen molar-refractivity contribution in [2.75, 3.05) is 0 Å². The van der Waals surface area contributed by atoms with Gasteiger partial charge in [-0.1, -0.05) is 0 Å². The Morgan fingerprint density at radius 3 is 2.93 bits per heavy atom. The van der Waals surface area contributed by atoms with Gasteiger partial charge in [-0.15, -0.1) is 5.10 Å². The van der Waals surface area contributed by atoms with E-state index in [1.54, 1.807) is 0 Å². The molecular weight excluding hydrogens is 193 g/mol. The van der Waals surface area contributed by atoms with E-state index in [9.17, 15) is 9.18 Å². The van der Waals surface area contributed by atoms with Gasteiger partial charge < -0.3 is 10.2 Å². The summed E-state index contributed by atoms with van der Waals surface area (Å²) < 4.78 is 13.9. The Kier molecular flexibility index (Phi) is 1.60. The van der Waals surface area contributed by atoms with Crippen LogP contribution in [0.3, 0.4) is 0 Å². The molecule has 14 heavy (non-hydrogen) atoms. The Morgan fingerprint density at radius 1 is 1.57 bits per heavy atom. The highest BCUT2D eigenvalue weighted by Crippen LogP contribution is 2.14. The minimum absolute atomic E-state index is 0.236. The van der Waals surface area contributed by atoms with Crippen LogP contribution in [-0.4, -0.2) is 30.8 Å². The van der Waals surface area contributed by atoms with Gasteiger partial charge in [-0.25, -0.2) is 13.7 Å². The van der Waals surface area contributed by atoms with Gasteiger partial charge in [0.1, 0.15) is 5.75 Å². The molecule has 72 valence electrons. The van der Waals surface area contributed by atoms with E-state index in [0.29, 0.717) is 0 Å². The lowest BCUT2D eigenvalue weighted by atomic mass is 10.4. The fourth-order valence-electron chi connectivity index (χ4n) is 1.02. The van der Waals surface area contributed by atoms with Gasteiger partial charge in [0.25, 0.3) is 5.82 Å². The summed E-state index contributed by atoms with van der Waals surface area (Å²) in [5, 5.41) is 20.9. The molecule has 0 fully saturated rings. The van der Waals surface area contributed by atoms with E-state index in [1.807, 2.05) is 0 Å². The molecule has 0 radical (unpaired) electrons. The van der Waals surface area contributed by atoms with Gasteiger partial charge in [0.2, 0.25) is 0 Å². The van der Waals surface area contributed by atoms with Gasteiger partial charge in [-0.2, -0.15) is 4.98 Å². The normalized spacial score (nSPS) is 10.6. The molecule has 0 amide bonds. The second-order valence-corrected chi connectivity index (χ2v) is 2.55. The SMILES string of the molecule is O=C(O)c1nc2c(F)cc(O)cn2n1. The van der Waals surface area contributed by atoms with Gasteiger partial charge in [-0.3, -0.25) is 0 Å². The number of aromatic nitrogens is 3. The largest absolute Gasteiger partial charge is 0.506 e. The average Bonchev–Trinajstić information content (AvgIpc) is 2.47. The summed E-state index contributed by atoms with van der Waals surface area (Å²) >= 11 is 0. The lowest BCUT2D eigenvalue weighted by Gasteiger charge is -1.93. The van der Waals surface area contributed by atoms with E-state index in [2.05, 4.69) is 10.1 Å². The first-order chi connectivity index (χ1) is 6.58. The standard InChI is InChI=1S/C7H4FN3O3/c8-4-1-3(12)2-11-6(4)9-5(10-11)7(13)14/h1-2,12H,(H,13,14). The van der Waals surface area contributed by atoms with Crippen molar-refractivity contribution in [3.8, 4) is 5.75 Å². The molecule has 0 saturated heterocycles. The Labute approximate surface area is 76.2 Å². The molecule has 0 aliphatic carbocycles. The van der Waals surface area contributed by atoms with E-state index in [0.717, 1.165) is 16.8 Å². The molecule has 0 bridgehead atoms. The minimum Gasteiger partial charge on any atom is -0.506 e. The van der Waals surface area contributed by atoms with Crippen molar-refractivity contribution in [2.24, 2.45) is 0 Å². The molecule has 6 nitrogen and oxygen atoms in total. The summed E-state index contributed by atoms with van der Waals surface area (Å²) in [6, 6.07) is 0.829. The highest BCUT2D eigenvalue weighted by atomic mass is 19.1. The maximum Gasteiger partial charge on any atom is 0.375 e. The summed E-state index contributed by atoms with van der Waals surface area (Å²) in [7, 11) is 0. The molecule has 2 N–H and O–H groups in total. The van der Waals surface area contributed by atoms with Crippen LogP contribution in [0, 0.1) is 5.82 Å². The monoisotopic (exact) mass is 197 g/mol. The molecule has 2 heterocycles. The molecular formula is C7H4FN3O3. The topological polar surface area (TPSA) is 87.7 Å². The highest BCUT2D eigenvalue weighted by Gasteiger charge is 2.14. The zero-order valence-electron chi connectivity index (χ0n) is 6.68. The summed E-state index contributed by atoms with van der Waals surface area (Å²) in [5.41, 5.74) is -0.236. The first-order valence-electron chi connectivity index (χ1n) is 3.56. The van der Waals surface area contributed by atoms with Crippen LogP contribution in [0.25, 0.3) is 5.65 Å². The van der Waals surface area contributed by atoms with Crippen LogP contribution in [-0.2, 0) is 0 Å². The molecule has 0 aliphatic heterocycles. The van der Waals surface area contributed by atoms with E-state index >= 15 is 0 Å². The number of fused-ring (bicyclic) bond motifs is 1. The second-order valence-electron chi connectivity index (χ2n) is 2.55. The number of hydrogen-bond donors (Lipinski definition) is 2. The van der Waals surface area contributed by atoms with Crippen molar-refractivity contribution in [3.63, 3.8) is 0 Å². The number of carboxylic acid groups (broad SMARTS) is 1. The van der Waals surface area contributed by atoms with Crippen molar-refractivity contribution < 1.29 is 19.4 Å². The molecule has 2 aromatic heterocycles. The fourth-order valence-corrected chi connectivity index (χ4v) is 1.02. The minimum atomic E-state index is -1.35. The lowest BCUT2D eigenvalue weighted by Crippen LogP contribution is -1.99. The van der Waals surface area contributed by atoms with Crippen molar-refractivity contribution in [1.82, 2.24) is 14.6 Å². The summed E-state index contributed by atoms with van der Waals surface area (Å²) in [5.74, 6) is -3.05. The predicted molar refractivity (Wildman–Crippen MR) is 41.6 cm³/mol. The number of hydrogen-bond acceptors (Lipinski definition) is 4. The highest BCUT2D eigenvalue weighted by molar-refractivity contribution is 5.83. The molecule has 0 spiro atoms. The smallest absolute Gasteiger partial charge is 0.375 e. The Hall–Kier alpha value is -2.18. The van der Waals surface area contributed by atoms with Crippen LogP contribution < -0.4 is 0 Å². The summed E-state index contributed by atoms with van der Waals surface area (Å²) in [6.07, 6.45) is 1.07. The summed E-state index contributed by atoms with van der Waals surface area (Å²) in [6.45, 7) is 0. The number of aromatic carboxylic acids is 1. The van der Waals surface area contributed by atoms with Crippen LogP contribution in [0.15, 0.2) is 12.3 Å². The number of aromatic hydroxyl groups is 1. The van der Waals surface area contributed by atoms with Gasteiger partial charge in [0, 0.05) is 6.07 Å². The third kappa shape index (κ3) is 1.15. The molecule has 0 aromatic carbocycles. The van der Waals surface area contributed by atoms with Gasteiger partial charge in [0.15, 0.2) is 11.5 Å². The molecule has 0 aliphatic rings. The number of pyridine rings is 1. The van der Waals surface area contributed by atoms with Crippen LogP contribution in [0.5, 0.6) is 5.75 Å². The zero-order valence-corrected chi connectivity index (χ0v) is 6.68. The number of rotatable bonds is 1.